The molecule has 0 bridgehead atoms. The average Bonchev–Trinajstić information content (AvgIpc) is 3.08. The molecule has 1 N–H and O–H groups in total. The molecule has 2 aliphatic heterocycles. The Labute approximate surface area is 106 Å². The molecule has 0 amide bonds. The summed E-state index contributed by atoms with van der Waals surface area (Å²) in [6.07, 6.45) is 2.07. The van der Waals surface area contributed by atoms with Gasteiger partial charge in [0.2, 0.25) is 11.7 Å². The smallest absolute Gasteiger partial charge is 0.232 e. The van der Waals surface area contributed by atoms with Gasteiger partial charge in [0.1, 0.15) is 6.10 Å². The van der Waals surface area contributed by atoms with Crippen LogP contribution in [0.5, 0.6) is 0 Å². The zero-order valence-electron chi connectivity index (χ0n) is 10.6. The van der Waals surface area contributed by atoms with Crippen LogP contribution in [0.1, 0.15) is 43.5 Å². The molecule has 2 saturated heterocycles. The van der Waals surface area contributed by atoms with Crippen LogP contribution < -0.4 is 5.32 Å². The number of hydrogen-bond donors (Lipinski definition) is 1. The van der Waals surface area contributed by atoms with E-state index in [9.17, 15) is 0 Å². The summed E-state index contributed by atoms with van der Waals surface area (Å²) in [5, 5.41) is 7.31. The van der Waals surface area contributed by atoms with Gasteiger partial charge < -0.3 is 19.3 Å². The van der Waals surface area contributed by atoms with Crippen LogP contribution in [0.3, 0.4) is 0 Å². The van der Waals surface area contributed by atoms with E-state index in [1.807, 2.05) is 0 Å². The third-order valence-electron chi connectivity index (χ3n) is 3.60. The van der Waals surface area contributed by atoms with Crippen LogP contribution in [0.4, 0.5) is 0 Å². The Morgan fingerprint density at radius 2 is 2.28 bits per heavy atom. The van der Waals surface area contributed by atoms with Crippen molar-refractivity contribution in [3.8, 4) is 0 Å². The second-order valence-corrected chi connectivity index (χ2v) is 4.77. The van der Waals surface area contributed by atoms with Crippen molar-refractivity contribution in [2.24, 2.45) is 0 Å². The highest BCUT2D eigenvalue weighted by Crippen LogP contribution is 2.32. The predicted octanol–water partition coefficient (Wildman–Crippen LogP) is 1.01. The SMILES string of the molecule is CCC1OCCC1c1nc(C2CNCCO2)no1. The molecular formula is C12H19N3O3. The van der Waals surface area contributed by atoms with Gasteiger partial charge in [0.05, 0.1) is 18.6 Å². The lowest BCUT2D eigenvalue weighted by molar-refractivity contribution is 0.0208. The Hall–Kier alpha value is -0.980. The lowest BCUT2D eigenvalue weighted by Gasteiger charge is -2.20. The number of rotatable bonds is 3. The monoisotopic (exact) mass is 253 g/mol. The molecule has 18 heavy (non-hydrogen) atoms. The Morgan fingerprint density at radius 3 is 3.06 bits per heavy atom. The van der Waals surface area contributed by atoms with E-state index >= 15 is 0 Å². The van der Waals surface area contributed by atoms with E-state index in [0.717, 1.165) is 32.5 Å². The average molecular weight is 253 g/mol. The Bertz CT molecular complexity index is 390. The van der Waals surface area contributed by atoms with Gasteiger partial charge in [-0.15, -0.1) is 0 Å². The molecule has 0 aromatic carbocycles. The zero-order valence-corrected chi connectivity index (χ0v) is 10.6. The molecule has 2 fully saturated rings. The summed E-state index contributed by atoms with van der Waals surface area (Å²) in [5.41, 5.74) is 0. The molecule has 6 heteroatoms. The summed E-state index contributed by atoms with van der Waals surface area (Å²) >= 11 is 0. The fourth-order valence-corrected chi connectivity index (χ4v) is 2.59. The first-order chi connectivity index (χ1) is 8.88. The molecule has 0 spiro atoms. The second-order valence-electron chi connectivity index (χ2n) is 4.77. The van der Waals surface area contributed by atoms with Crippen LogP contribution in [-0.4, -0.2) is 42.5 Å². The van der Waals surface area contributed by atoms with Crippen LogP contribution in [0.2, 0.25) is 0 Å². The molecule has 0 aliphatic carbocycles. The maximum atomic E-state index is 5.65. The summed E-state index contributed by atoms with van der Waals surface area (Å²) in [6, 6.07) is 0. The first-order valence-corrected chi connectivity index (χ1v) is 6.66. The number of hydrogen-bond acceptors (Lipinski definition) is 6. The van der Waals surface area contributed by atoms with Gasteiger partial charge >= 0.3 is 0 Å². The van der Waals surface area contributed by atoms with Crippen molar-refractivity contribution in [2.75, 3.05) is 26.3 Å². The van der Waals surface area contributed by atoms with Crippen molar-refractivity contribution in [2.45, 2.75) is 37.9 Å². The number of ether oxygens (including phenoxy) is 2. The van der Waals surface area contributed by atoms with E-state index in [1.165, 1.54) is 0 Å². The third kappa shape index (κ3) is 2.28. The maximum absolute atomic E-state index is 5.65. The molecular weight excluding hydrogens is 234 g/mol. The lowest BCUT2D eigenvalue weighted by atomic mass is 10.00. The van der Waals surface area contributed by atoms with E-state index < -0.39 is 0 Å². The minimum atomic E-state index is -0.0846. The molecule has 2 aliphatic rings. The van der Waals surface area contributed by atoms with Gasteiger partial charge in [0, 0.05) is 19.7 Å². The van der Waals surface area contributed by atoms with Crippen LogP contribution in [0.15, 0.2) is 4.52 Å². The van der Waals surface area contributed by atoms with E-state index in [-0.39, 0.29) is 18.1 Å². The van der Waals surface area contributed by atoms with Gasteiger partial charge in [-0.25, -0.2) is 0 Å². The molecule has 6 nitrogen and oxygen atoms in total. The number of nitrogens with zero attached hydrogens (tertiary/aromatic N) is 2. The van der Waals surface area contributed by atoms with Gasteiger partial charge in [-0.1, -0.05) is 12.1 Å². The van der Waals surface area contributed by atoms with E-state index in [2.05, 4.69) is 22.4 Å². The quantitative estimate of drug-likeness (QED) is 0.867. The summed E-state index contributed by atoms with van der Waals surface area (Å²) < 4.78 is 16.7. The highest BCUT2D eigenvalue weighted by molar-refractivity contribution is 5.02. The molecule has 3 rings (SSSR count). The first-order valence-electron chi connectivity index (χ1n) is 6.66. The summed E-state index contributed by atoms with van der Waals surface area (Å²) in [4.78, 5) is 4.49. The highest BCUT2D eigenvalue weighted by Gasteiger charge is 2.33. The van der Waals surface area contributed by atoms with E-state index in [4.69, 9.17) is 14.0 Å². The highest BCUT2D eigenvalue weighted by atomic mass is 16.5. The predicted molar refractivity (Wildman–Crippen MR) is 63.2 cm³/mol. The molecule has 3 atom stereocenters. The standard InChI is InChI=1S/C12H19N3O3/c1-2-9-8(3-5-16-9)12-14-11(15-18-12)10-7-13-4-6-17-10/h8-10,13H,2-7H2,1H3. The van der Waals surface area contributed by atoms with Gasteiger partial charge in [-0.2, -0.15) is 4.98 Å². The second kappa shape index (κ2) is 5.34. The molecule has 3 unspecified atom stereocenters. The maximum Gasteiger partial charge on any atom is 0.232 e. The van der Waals surface area contributed by atoms with Gasteiger partial charge in [-0.3, -0.25) is 0 Å². The molecule has 0 saturated carbocycles. The number of morpholine rings is 1. The molecule has 0 radical (unpaired) electrons. The first kappa shape index (κ1) is 12.1. The third-order valence-corrected chi connectivity index (χ3v) is 3.60. The fourth-order valence-electron chi connectivity index (χ4n) is 2.59. The Balaban J connectivity index is 1.72. The lowest BCUT2D eigenvalue weighted by Crippen LogP contribution is -2.33. The molecule has 3 heterocycles. The molecule has 100 valence electrons. The summed E-state index contributed by atoms with van der Waals surface area (Å²) in [7, 11) is 0. The summed E-state index contributed by atoms with van der Waals surface area (Å²) in [6.45, 7) is 5.22. The molecule has 1 aromatic rings. The van der Waals surface area contributed by atoms with Crippen molar-refractivity contribution < 1.29 is 14.0 Å². The van der Waals surface area contributed by atoms with Crippen molar-refractivity contribution in [3.05, 3.63) is 11.7 Å². The minimum Gasteiger partial charge on any atom is -0.377 e. The largest absolute Gasteiger partial charge is 0.377 e. The summed E-state index contributed by atoms with van der Waals surface area (Å²) in [5.74, 6) is 1.59. The van der Waals surface area contributed by atoms with Crippen LogP contribution >= 0.6 is 0 Å². The van der Waals surface area contributed by atoms with Gasteiger partial charge in [0.15, 0.2) is 0 Å². The van der Waals surface area contributed by atoms with Crippen LogP contribution in [0.25, 0.3) is 0 Å². The fraction of sp³-hybridized carbons (Fsp3) is 0.833. The van der Waals surface area contributed by atoms with Gasteiger partial charge in [0.25, 0.3) is 0 Å². The van der Waals surface area contributed by atoms with Crippen molar-refractivity contribution in [3.63, 3.8) is 0 Å². The van der Waals surface area contributed by atoms with Gasteiger partial charge in [-0.05, 0) is 12.8 Å². The van der Waals surface area contributed by atoms with E-state index in [1.54, 1.807) is 0 Å². The zero-order chi connectivity index (χ0) is 12.4. The van der Waals surface area contributed by atoms with Crippen molar-refractivity contribution in [1.82, 2.24) is 15.5 Å². The topological polar surface area (TPSA) is 69.4 Å². The number of nitrogens with one attached hydrogen (secondary N) is 1. The minimum absolute atomic E-state index is 0.0846. The van der Waals surface area contributed by atoms with Crippen LogP contribution in [-0.2, 0) is 9.47 Å². The molecule has 1 aromatic heterocycles. The Kier molecular flexibility index (Phi) is 3.58. The van der Waals surface area contributed by atoms with Crippen molar-refractivity contribution >= 4 is 0 Å². The van der Waals surface area contributed by atoms with Crippen LogP contribution in [0, 0.1) is 0 Å². The van der Waals surface area contributed by atoms with Crippen molar-refractivity contribution in [1.29, 1.82) is 0 Å². The Morgan fingerprint density at radius 1 is 1.33 bits per heavy atom. The van der Waals surface area contributed by atoms with E-state index in [0.29, 0.717) is 18.3 Å². The normalized spacial score (nSPS) is 32.8. The number of aromatic nitrogens is 2.